The van der Waals surface area contributed by atoms with Crippen molar-refractivity contribution in [1.29, 1.82) is 0 Å². The van der Waals surface area contributed by atoms with Crippen LogP contribution in [0.1, 0.15) is 18.9 Å². The zero-order valence-corrected chi connectivity index (χ0v) is 21.2. The molecule has 0 spiro atoms. The predicted molar refractivity (Wildman–Crippen MR) is 136 cm³/mol. The van der Waals surface area contributed by atoms with Gasteiger partial charge >= 0.3 is 0 Å². The molecule has 0 aliphatic carbocycles. The van der Waals surface area contributed by atoms with Gasteiger partial charge in [0.2, 0.25) is 11.0 Å². The quantitative estimate of drug-likeness (QED) is 0.402. The van der Waals surface area contributed by atoms with Gasteiger partial charge in [-0.25, -0.2) is 8.42 Å². The molecular weight excluding hydrogens is 492 g/mol. The Balaban J connectivity index is 1.40. The van der Waals surface area contributed by atoms with Crippen LogP contribution in [-0.2, 0) is 21.2 Å². The van der Waals surface area contributed by atoms with E-state index in [-0.39, 0.29) is 29.2 Å². The second kappa shape index (κ2) is 11.2. The Kier molecular flexibility index (Phi) is 8.07. The minimum atomic E-state index is -3.11. The number of anilines is 2. The van der Waals surface area contributed by atoms with Crippen LogP contribution in [0.4, 0.5) is 10.8 Å². The number of hydrogen-bond donors (Lipinski definition) is 1. The second-order valence-electron chi connectivity index (χ2n) is 7.78. The third-order valence-corrected chi connectivity index (χ3v) is 9.03. The molecule has 3 aromatic rings. The molecule has 0 unspecified atom stereocenters. The van der Waals surface area contributed by atoms with E-state index < -0.39 is 9.84 Å². The zero-order chi connectivity index (χ0) is 24.0. The Hall–Kier alpha value is -2.63. The van der Waals surface area contributed by atoms with Crippen LogP contribution in [0.25, 0.3) is 0 Å². The van der Waals surface area contributed by atoms with E-state index >= 15 is 0 Å². The van der Waals surface area contributed by atoms with Crippen LogP contribution in [0, 0.1) is 0 Å². The number of rotatable bonds is 10. The number of hydrogen-bond acceptors (Lipinski definition) is 9. The molecule has 1 fully saturated rings. The average Bonchev–Trinajstić information content (AvgIpc) is 3.43. The van der Waals surface area contributed by atoms with E-state index in [1.54, 1.807) is 4.90 Å². The summed E-state index contributed by atoms with van der Waals surface area (Å²) >= 11 is 2.66. The summed E-state index contributed by atoms with van der Waals surface area (Å²) in [5.41, 5.74) is 1.77. The fourth-order valence-corrected chi connectivity index (χ4v) is 7.09. The van der Waals surface area contributed by atoms with Crippen LogP contribution in [0.5, 0.6) is 5.75 Å². The average molecular weight is 519 g/mol. The van der Waals surface area contributed by atoms with Crippen molar-refractivity contribution in [3.8, 4) is 5.75 Å². The van der Waals surface area contributed by atoms with Crippen molar-refractivity contribution >= 4 is 49.7 Å². The molecule has 1 aromatic heterocycles. The van der Waals surface area contributed by atoms with Crippen molar-refractivity contribution < 1.29 is 17.9 Å². The van der Waals surface area contributed by atoms with Gasteiger partial charge in [-0.2, -0.15) is 0 Å². The van der Waals surface area contributed by atoms with E-state index in [4.69, 9.17) is 4.74 Å². The first-order chi connectivity index (χ1) is 16.4. The van der Waals surface area contributed by atoms with Gasteiger partial charge in [0.15, 0.2) is 14.2 Å². The molecule has 0 saturated carbocycles. The summed E-state index contributed by atoms with van der Waals surface area (Å²) < 4.78 is 30.4. The van der Waals surface area contributed by atoms with Gasteiger partial charge < -0.3 is 15.0 Å². The lowest BCUT2D eigenvalue weighted by atomic mass is 10.1. The summed E-state index contributed by atoms with van der Waals surface area (Å²) in [7, 11) is -3.11. The molecule has 11 heteroatoms. The number of thioether (sulfide) groups is 1. The van der Waals surface area contributed by atoms with Gasteiger partial charge in [0.1, 0.15) is 5.75 Å². The van der Waals surface area contributed by atoms with Crippen LogP contribution >= 0.6 is 23.1 Å². The third-order valence-electron chi connectivity index (χ3n) is 5.32. The maximum Gasteiger partial charge on any atom is 0.233 e. The molecule has 1 atom stereocenters. The monoisotopic (exact) mass is 518 g/mol. The highest BCUT2D eigenvalue weighted by atomic mass is 32.2. The highest BCUT2D eigenvalue weighted by molar-refractivity contribution is 8.01. The molecule has 2 aromatic carbocycles. The first-order valence-electron chi connectivity index (χ1n) is 10.9. The second-order valence-corrected chi connectivity index (χ2v) is 12.2. The summed E-state index contributed by atoms with van der Waals surface area (Å²) in [5.74, 6) is 0.920. The Morgan fingerprint density at radius 1 is 1.18 bits per heavy atom. The maximum absolute atomic E-state index is 13.2. The van der Waals surface area contributed by atoms with Gasteiger partial charge in [0.25, 0.3) is 0 Å². The number of carbonyl (C=O) groups is 1. The topological polar surface area (TPSA) is 101 Å². The lowest BCUT2D eigenvalue weighted by molar-refractivity contribution is -0.130. The minimum absolute atomic E-state index is 0.0162. The van der Waals surface area contributed by atoms with E-state index in [9.17, 15) is 13.2 Å². The van der Waals surface area contributed by atoms with Crippen LogP contribution in [0.15, 0.2) is 58.9 Å². The Morgan fingerprint density at radius 3 is 2.68 bits per heavy atom. The van der Waals surface area contributed by atoms with Crippen molar-refractivity contribution in [1.82, 2.24) is 15.1 Å². The van der Waals surface area contributed by atoms with Gasteiger partial charge in [-0.05, 0) is 31.0 Å². The van der Waals surface area contributed by atoms with E-state index in [0.717, 1.165) is 17.0 Å². The largest absolute Gasteiger partial charge is 0.492 e. The van der Waals surface area contributed by atoms with Crippen molar-refractivity contribution in [2.75, 3.05) is 29.2 Å². The van der Waals surface area contributed by atoms with E-state index in [1.165, 1.54) is 23.1 Å². The highest BCUT2D eigenvalue weighted by Crippen LogP contribution is 2.32. The molecule has 4 rings (SSSR count). The number of carbonyl (C=O) groups excluding carboxylic acids is 1. The number of sulfone groups is 1. The zero-order valence-electron chi connectivity index (χ0n) is 18.7. The number of benzene rings is 2. The lowest BCUT2D eigenvalue weighted by Crippen LogP contribution is -2.41. The highest BCUT2D eigenvalue weighted by Gasteiger charge is 2.34. The Bertz CT molecular complexity index is 1220. The SMILES string of the molecule is CCOc1ccccc1Nc1nnc(SCC(=O)N(Cc2ccccc2)[C@@H]2CCS(=O)(=O)C2)s1. The van der Waals surface area contributed by atoms with E-state index in [0.29, 0.717) is 29.0 Å². The maximum atomic E-state index is 13.2. The van der Waals surface area contributed by atoms with Gasteiger partial charge in [0.05, 0.1) is 29.6 Å². The number of nitrogens with zero attached hydrogens (tertiary/aromatic N) is 3. The molecule has 1 amide bonds. The Morgan fingerprint density at radius 2 is 1.94 bits per heavy atom. The van der Waals surface area contributed by atoms with Crippen molar-refractivity contribution in [2.45, 2.75) is 30.3 Å². The minimum Gasteiger partial charge on any atom is -0.492 e. The fourth-order valence-electron chi connectivity index (χ4n) is 3.71. The first kappa shape index (κ1) is 24.5. The number of nitrogens with one attached hydrogen (secondary N) is 1. The van der Waals surface area contributed by atoms with Gasteiger partial charge in [0, 0.05) is 12.6 Å². The van der Waals surface area contributed by atoms with Crippen molar-refractivity contribution in [2.24, 2.45) is 0 Å². The summed E-state index contributed by atoms with van der Waals surface area (Å²) in [6, 6.07) is 16.9. The molecule has 1 saturated heterocycles. The molecular formula is C23H26N4O4S3. The predicted octanol–water partition coefficient (Wildman–Crippen LogP) is 3.99. The number of aromatic nitrogens is 2. The van der Waals surface area contributed by atoms with Gasteiger partial charge in [-0.3, -0.25) is 4.79 Å². The normalized spacial score (nSPS) is 16.8. The number of ether oxygens (including phenoxy) is 1. The summed E-state index contributed by atoms with van der Waals surface area (Å²) in [4.78, 5) is 14.9. The fraction of sp³-hybridized carbons (Fsp3) is 0.348. The van der Waals surface area contributed by atoms with E-state index in [1.807, 2.05) is 61.5 Å². The van der Waals surface area contributed by atoms with Gasteiger partial charge in [-0.15, -0.1) is 10.2 Å². The van der Waals surface area contributed by atoms with Crippen molar-refractivity contribution in [3.63, 3.8) is 0 Å². The third kappa shape index (κ3) is 6.49. The summed E-state index contributed by atoms with van der Waals surface area (Å²) in [6.07, 6.45) is 0.470. The number of amides is 1. The molecule has 1 aliphatic heterocycles. The molecule has 1 aliphatic rings. The molecule has 180 valence electrons. The van der Waals surface area contributed by atoms with Crippen LogP contribution in [-0.4, -0.2) is 59.3 Å². The van der Waals surface area contributed by atoms with Gasteiger partial charge in [-0.1, -0.05) is 65.6 Å². The van der Waals surface area contributed by atoms with Crippen molar-refractivity contribution in [3.05, 3.63) is 60.2 Å². The summed E-state index contributed by atoms with van der Waals surface area (Å²) in [5, 5.41) is 12.2. The lowest BCUT2D eigenvalue weighted by Gasteiger charge is -2.28. The van der Waals surface area contributed by atoms with Crippen LogP contribution in [0.3, 0.4) is 0 Å². The molecule has 0 bridgehead atoms. The van der Waals surface area contributed by atoms with E-state index in [2.05, 4.69) is 15.5 Å². The Labute approximate surface area is 207 Å². The standard InChI is InChI=1S/C23H26N4O4S3/c1-2-31-20-11-7-6-10-19(20)24-22-25-26-23(33-22)32-15-21(28)27(14-17-8-4-3-5-9-17)18-12-13-34(29,30)16-18/h3-11,18H,2,12-16H2,1H3,(H,24,25)/t18-/m1/s1. The molecule has 0 radical (unpaired) electrons. The smallest absolute Gasteiger partial charge is 0.233 e. The molecule has 2 heterocycles. The molecule has 34 heavy (non-hydrogen) atoms. The molecule has 8 nitrogen and oxygen atoms in total. The summed E-state index contributed by atoms with van der Waals surface area (Å²) in [6.45, 7) is 2.87. The molecule has 1 N–H and O–H groups in total. The van der Waals surface area contributed by atoms with Crippen LogP contribution < -0.4 is 10.1 Å². The number of para-hydroxylation sites is 2. The van der Waals surface area contributed by atoms with Crippen LogP contribution in [0.2, 0.25) is 0 Å². The first-order valence-corrected chi connectivity index (χ1v) is 14.5.